The van der Waals surface area contributed by atoms with Gasteiger partial charge in [0.1, 0.15) is 0 Å². The molecule has 14 rings (SSSR count). The van der Waals surface area contributed by atoms with E-state index < -0.39 is 269 Å². The Morgan fingerprint density at radius 1 is 0.290 bits per heavy atom. The summed E-state index contributed by atoms with van der Waals surface area (Å²) in [4.78, 5) is 9.74. The largest absolute Gasteiger partial charge is 0.307 e. The van der Waals surface area contributed by atoms with Crippen LogP contribution in [0.5, 0.6) is 0 Å². The van der Waals surface area contributed by atoms with Gasteiger partial charge in [0.25, 0.3) is 0 Å². The highest BCUT2D eigenvalue weighted by Gasteiger charge is 2.26. The van der Waals surface area contributed by atoms with Crippen molar-refractivity contribution in [2.45, 2.75) is 0 Å². The Labute approximate surface area is 438 Å². The second-order valence-electron chi connectivity index (χ2n) is 15.6. The summed E-state index contributed by atoms with van der Waals surface area (Å²) in [5.41, 5.74) is -5.25. The van der Waals surface area contributed by atoms with E-state index in [1.807, 2.05) is 30.3 Å². The molecular weight excluding hydrogens is 839 g/mol. The molecule has 0 saturated heterocycles. The monoisotopic (exact) mass is 909 g/mol. The first-order chi connectivity index (χ1) is 46.3. The maximum absolute atomic E-state index is 9.87. The number of fused-ring (bicyclic) bond motifs is 9. The van der Waals surface area contributed by atoms with Gasteiger partial charge in [0.15, 0.2) is 5.82 Å². The van der Waals surface area contributed by atoms with Crippen LogP contribution in [-0.4, -0.2) is 23.7 Å². The zero-order chi connectivity index (χ0) is 70.7. The highest BCUT2D eigenvalue weighted by molar-refractivity contribution is 6.14. The molecule has 69 heavy (non-hydrogen) atoms. The van der Waals surface area contributed by atoms with Crippen LogP contribution in [0.3, 0.4) is 0 Å². The van der Waals surface area contributed by atoms with Crippen LogP contribution >= 0.6 is 0 Å². The zero-order valence-corrected chi connectivity index (χ0v) is 35.2. The lowest BCUT2D eigenvalue weighted by molar-refractivity contribution is 1.05. The van der Waals surface area contributed by atoms with E-state index in [9.17, 15) is 27.4 Å². The predicted molar refractivity (Wildman–Crippen MR) is 287 cm³/mol. The van der Waals surface area contributed by atoms with Crippen LogP contribution in [0.25, 0.3) is 128 Å². The molecule has 0 unspecified atom stereocenters. The molecule has 0 aliphatic carbocycles. The van der Waals surface area contributed by atoms with Gasteiger partial charge in [0.05, 0.1) is 101 Å². The van der Waals surface area contributed by atoms with Gasteiger partial charge < -0.3 is 13.7 Å². The summed E-state index contributed by atoms with van der Waals surface area (Å²) in [6.45, 7) is 0. The van der Waals surface area contributed by atoms with Gasteiger partial charge in [-0.1, -0.05) is 194 Å². The quantitative estimate of drug-likeness (QED) is 0.160. The molecule has 0 saturated carbocycles. The van der Waals surface area contributed by atoms with Crippen molar-refractivity contribution in [3.63, 3.8) is 0 Å². The van der Waals surface area contributed by atoms with Gasteiger partial charge in [-0.2, -0.15) is 0 Å². The Hall–Kier alpha value is -9.32. The zero-order valence-electron chi connectivity index (χ0n) is 64.2. The summed E-state index contributed by atoms with van der Waals surface area (Å²) in [6.07, 6.45) is 0. The highest BCUT2D eigenvalue weighted by atomic mass is 15.1. The summed E-state index contributed by atoms with van der Waals surface area (Å²) >= 11 is 0. The summed E-state index contributed by atoms with van der Waals surface area (Å²) in [6, 6.07) is -6.11. The molecule has 14 aromatic rings. The molecule has 0 bridgehead atoms. The molecule has 0 N–H and O–H groups in total. The molecular formula is C64H41N5. The fourth-order valence-electron chi connectivity index (χ4n) is 8.97. The average Bonchev–Trinajstić information content (AvgIpc) is 1.55. The summed E-state index contributed by atoms with van der Waals surface area (Å²) in [7, 11) is 0. The predicted octanol–water partition coefficient (Wildman–Crippen LogP) is 16.4. The van der Waals surface area contributed by atoms with Crippen molar-refractivity contribution in [3.8, 4) is 62.1 Å². The molecule has 0 aliphatic heterocycles. The molecule has 10 aromatic carbocycles. The normalized spacial score (nSPS) is 17.7. The Kier molecular flexibility index (Phi) is 4.51. The lowest BCUT2D eigenvalue weighted by atomic mass is 10.0. The minimum Gasteiger partial charge on any atom is -0.307 e. The first kappa shape index (κ1) is 19.9. The van der Waals surface area contributed by atoms with Crippen molar-refractivity contribution >= 4 is 65.4 Å². The molecule has 5 nitrogen and oxygen atoms in total. The van der Waals surface area contributed by atoms with Crippen molar-refractivity contribution in [1.82, 2.24) is 23.7 Å². The number of nitrogens with zero attached hydrogens (tertiary/aromatic N) is 5. The van der Waals surface area contributed by atoms with E-state index in [1.165, 1.54) is 18.2 Å². The molecule has 4 heterocycles. The summed E-state index contributed by atoms with van der Waals surface area (Å²) < 4.78 is 273. The van der Waals surface area contributed by atoms with Crippen LogP contribution < -0.4 is 0 Å². The molecule has 322 valence electrons. The third-order valence-corrected chi connectivity index (χ3v) is 11.9. The average molecular weight is 909 g/mol. The third-order valence-electron chi connectivity index (χ3n) is 11.9. The number of para-hydroxylation sites is 6. The lowest BCUT2D eigenvalue weighted by Gasteiger charge is -2.23. The molecule has 0 amide bonds. The van der Waals surface area contributed by atoms with Gasteiger partial charge >= 0.3 is 0 Å². The maximum atomic E-state index is 9.87. The summed E-state index contributed by atoms with van der Waals surface area (Å²) in [5, 5.41) is -3.33. The molecule has 0 atom stereocenters. The topological polar surface area (TPSA) is 40.6 Å². The van der Waals surface area contributed by atoms with E-state index in [0.29, 0.717) is 5.56 Å². The van der Waals surface area contributed by atoms with Crippen LogP contribution in [0.1, 0.15) is 39.8 Å². The van der Waals surface area contributed by atoms with E-state index >= 15 is 0 Å². The standard InChI is InChI=1S/C64H41N5/c1-3-19-42(20-4-1)43-35-37-44(38-36-43)53-41-54(66-64(65-53)45-21-5-2-6-22-45)46-39-61(67-55-29-13-7-23-47(55)48-24-8-14-30-56(48)67)63(69-59-33-17-11-27-51(59)52-28-12-18-34-60(52)69)62(40-46)68-57-31-15-9-25-49(57)50-26-10-16-32-58(50)68/h1-41H/i2D,5D,6D,7D,8D,9D,10D,11D,12D,13D,14D,15D,16D,17D,18D,21D,22D,23D,24D,25D,26D,27D,28D,29D,30D,31D,32D,33D,34D. The van der Waals surface area contributed by atoms with E-state index in [1.54, 1.807) is 24.3 Å². The minimum absolute atomic E-state index is 0.0295. The van der Waals surface area contributed by atoms with Crippen molar-refractivity contribution < 1.29 is 39.8 Å². The fourth-order valence-corrected chi connectivity index (χ4v) is 8.97. The number of hydrogen-bond acceptors (Lipinski definition) is 2. The van der Waals surface area contributed by atoms with Gasteiger partial charge in [0, 0.05) is 49.0 Å². The van der Waals surface area contributed by atoms with Crippen LogP contribution in [0.15, 0.2) is 248 Å². The van der Waals surface area contributed by atoms with Crippen LogP contribution in [-0.2, 0) is 0 Å². The Morgan fingerprint density at radius 3 is 1.07 bits per heavy atom. The van der Waals surface area contributed by atoms with Gasteiger partial charge in [0.2, 0.25) is 0 Å². The maximum Gasteiger partial charge on any atom is 0.160 e. The number of aromatic nitrogens is 5. The van der Waals surface area contributed by atoms with E-state index in [2.05, 4.69) is 0 Å². The smallest absolute Gasteiger partial charge is 0.160 e. The third kappa shape index (κ3) is 6.18. The number of benzene rings is 10. The Bertz CT molecular complexity index is 5600. The molecule has 0 fully saturated rings. The van der Waals surface area contributed by atoms with E-state index in [4.69, 9.17) is 22.3 Å². The molecule has 0 spiro atoms. The Morgan fingerprint density at radius 2 is 0.638 bits per heavy atom. The number of hydrogen-bond donors (Lipinski definition) is 0. The van der Waals surface area contributed by atoms with Crippen molar-refractivity contribution in [1.29, 1.82) is 0 Å². The molecule has 5 heteroatoms. The van der Waals surface area contributed by atoms with E-state index in [0.717, 1.165) is 24.8 Å². The van der Waals surface area contributed by atoms with Gasteiger partial charge in [-0.3, -0.25) is 0 Å². The van der Waals surface area contributed by atoms with E-state index in [-0.39, 0.29) is 17.0 Å². The van der Waals surface area contributed by atoms with Gasteiger partial charge in [-0.25, -0.2) is 9.97 Å². The second kappa shape index (κ2) is 15.7. The molecule has 0 radical (unpaired) electrons. The van der Waals surface area contributed by atoms with Crippen molar-refractivity contribution in [2.75, 3.05) is 0 Å². The van der Waals surface area contributed by atoms with Crippen molar-refractivity contribution in [2.24, 2.45) is 0 Å². The highest BCUT2D eigenvalue weighted by Crippen LogP contribution is 2.45. The summed E-state index contributed by atoms with van der Waals surface area (Å²) in [5.74, 6) is -0.539. The van der Waals surface area contributed by atoms with Crippen LogP contribution in [0, 0.1) is 0 Å². The molecule has 0 aliphatic rings. The first-order valence-electron chi connectivity index (χ1n) is 35.6. The van der Waals surface area contributed by atoms with Gasteiger partial charge in [-0.15, -0.1) is 0 Å². The van der Waals surface area contributed by atoms with Gasteiger partial charge in [-0.05, 0) is 65.6 Å². The number of rotatable bonds is 7. The Balaban J connectivity index is 1.34. The first-order valence-corrected chi connectivity index (χ1v) is 21.1. The molecule has 4 aromatic heterocycles. The van der Waals surface area contributed by atoms with Crippen LogP contribution in [0.2, 0.25) is 0 Å². The second-order valence-corrected chi connectivity index (χ2v) is 15.6. The van der Waals surface area contributed by atoms with Crippen molar-refractivity contribution in [3.05, 3.63) is 248 Å². The lowest BCUT2D eigenvalue weighted by Crippen LogP contribution is -2.10. The van der Waals surface area contributed by atoms with Crippen LogP contribution in [0.4, 0.5) is 0 Å². The minimum atomic E-state index is -0.966. The SMILES string of the molecule is [2H]c1c([2H])c([2H])c(-c2nc(-c3ccc(-c4ccccc4)cc3)cc(-c3cc(-n4c5c([2H])c([2H])c([2H])c([2H])c5c5c([2H])c([2H])c([2H])c([2H])c54)c(-n4c5c([2H])c([2H])c([2H])c([2H])c5c5c([2H])c([2H])c([2H])c([2H])c54)c(-n4c5c([2H])c([2H])c([2H])c([2H])c5c5c([2H])c([2H])c([2H])c([2H])c54)c3)n2)c([2H])c1[2H]. The fraction of sp³-hybridized carbons (Fsp3) is 0.